The Hall–Kier alpha value is -1.40. The van der Waals surface area contributed by atoms with Crippen molar-refractivity contribution >= 4 is 34.1 Å². The summed E-state index contributed by atoms with van der Waals surface area (Å²) in [4.78, 5) is 11.9. The zero-order chi connectivity index (χ0) is 15.9. The molecule has 1 aromatic carbocycles. The van der Waals surface area contributed by atoms with Crippen molar-refractivity contribution in [2.45, 2.75) is 43.9 Å². The standard InChI is InChI=1S/C16H21N3OS2/c1-4-21-16-19-18-15(22-16)17-14(20)10-7-12-5-8-13(9-6-12)11(2)3/h5-6,8-9,11H,4,7,10H2,1-3H3,(H,17,18,20). The van der Waals surface area contributed by atoms with Crippen molar-refractivity contribution in [3.05, 3.63) is 35.4 Å². The number of anilines is 1. The van der Waals surface area contributed by atoms with E-state index in [4.69, 9.17) is 0 Å². The first-order chi connectivity index (χ1) is 10.6. The second-order valence-corrected chi connectivity index (χ2v) is 7.74. The van der Waals surface area contributed by atoms with Crippen LogP contribution in [-0.2, 0) is 11.2 Å². The highest BCUT2D eigenvalue weighted by Gasteiger charge is 2.08. The maximum absolute atomic E-state index is 11.9. The molecule has 4 nitrogen and oxygen atoms in total. The first kappa shape index (κ1) is 17.0. The molecule has 6 heteroatoms. The third-order valence-corrected chi connectivity index (χ3v) is 5.06. The van der Waals surface area contributed by atoms with Crippen LogP contribution < -0.4 is 5.32 Å². The van der Waals surface area contributed by atoms with Gasteiger partial charge in [0, 0.05) is 6.42 Å². The van der Waals surface area contributed by atoms with E-state index in [9.17, 15) is 4.79 Å². The number of aryl methyl sites for hydroxylation is 1. The van der Waals surface area contributed by atoms with Crippen molar-refractivity contribution in [1.29, 1.82) is 0 Å². The van der Waals surface area contributed by atoms with Crippen LogP contribution in [0.2, 0.25) is 0 Å². The Kier molecular flexibility index (Phi) is 6.39. The smallest absolute Gasteiger partial charge is 0.226 e. The molecule has 1 amide bonds. The minimum atomic E-state index is -0.0165. The fourth-order valence-electron chi connectivity index (χ4n) is 1.95. The van der Waals surface area contributed by atoms with Crippen molar-refractivity contribution in [3.63, 3.8) is 0 Å². The number of nitrogens with one attached hydrogen (secondary N) is 1. The van der Waals surface area contributed by atoms with Crippen LogP contribution in [-0.4, -0.2) is 21.9 Å². The van der Waals surface area contributed by atoms with Gasteiger partial charge in [-0.15, -0.1) is 10.2 Å². The number of hydrogen-bond acceptors (Lipinski definition) is 5. The third kappa shape index (κ3) is 5.10. The zero-order valence-corrected chi connectivity index (χ0v) is 14.8. The number of rotatable bonds is 7. The highest BCUT2D eigenvalue weighted by molar-refractivity contribution is 8.01. The molecule has 118 valence electrons. The van der Waals surface area contributed by atoms with Gasteiger partial charge in [-0.25, -0.2) is 0 Å². The Bertz CT molecular complexity index is 608. The molecular weight excluding hydrogens is 314 g/mol. The van der Waals surface area contributed by atoms with Crippen LogP contribution in [0.4, 0.5) is 5.13 Å². The molecule has 0 unspecified atom stereocenters. The van der Waals surface area contributed by atoms with E-state index in [-0.39, 0.29) is 5.91 Å². The molecule has 0 aliphatic rings. The van der Waals surface area contributed by atoms with E-state index in [1.54, 1.807) is 11.8 Å². The van der Waals surface area contributed by atoms with Gasteiger partial charge >= 0.3 is 0 Å². The van der Waals surface area contributed by atoms with E-state index in [1.807, 2.05) is 0 Å². The Labute approximate surface area is 139 Å². The van der Waals surface area contributed by atoms with Crippen LogP contribution in [0.1, 0.15) is 44.2 Å². The summed E-state index contributed by atoms with van der Waals surface area (Å²) >= 11 is 3.05. The molecule has 2 rings (SSSR count). The number of thioether (sulfide) groups is 1. The molecule has 0 spiro atoms. The van der Waals surface area contributed by atoms with Crippen molar-refractivity contribution < 1.29 is 4.79 Å². The van der Waals surface area contributed by atoms with Crippen LogP contribution in [0.3, 0.4) is 0 Å². The summed E-state index contributed by atoms with van der Waals surface area (Å²) in [6.45, 7) is 6.42. The van der Waals surface area contributed by atoms with Crippen molar-refractivity contribution in [1.82, 2.24) is 10.2 Å². The number of nitrogens with zero attached hydrogens (tertiary/aromatic N) is 2. The van der Waals surface area contributed by atoms with Gasteiger partial charge in [0.2, 0.25) is 11.0 Å². The van der Waals surface area contributed by atoms with Gasteiger partial charge in [-0.3, -0.25) is 4.79 Å². The normalized spacial score (nSPS) is 10.9. The number of amides is 1. The van der Waals surface area contributed by atoms with E-state index < -0.39 is 0 Å². The minimum absolute atomic E-state index is 0.0165. The number of carbonyl (C=O) groups excluding carboxylic acids is 1. The Morgan fingerprint density at radius 1 is 1.27 bits per heavy atom. The number of carbonyl (C=O) groups is 1. The molecule has 1 aromatic heterocycles. The predicted molar refractivity (Wildman–Crippen MR) is 93.8 cm³/mol. The van der Waals surface area contributed by atoms with Gasteiger partial charge in [0.1, 0.15) is 0 Å². The lowest BCUT2D eigenvalue weighted by Crippen LogP contribution is -2.12. The lowest BCUT2D eigenvalue weighted by atomic mass is 10.0. The average molecular weight is 335 g/mol. The third-order valence-electron chi connectivity index (χ3n) is 3.21. The molecule has 0 atom stereocenters. The topological polar surface area (TPSA) is 54.9 Å². The maximum Gasteiger partial charge on any atom is 0.226 e. The molecule has 22 heavy (non-hydrogen) atoms. The lowest BCUT2D eigenvalue weighted by molar-refractivity contribution is -0.116. The number of hydrogen-bond donors (Lipinski definition) is 1. The molecule has 0 radical (unpaired) electrons. The van der Waals surface area contributed by atoms with E-state index in [0.717, 1.165) is 16.5 Å². The first-order valence-electron chi connectivity index (χ1n) is 7.43. The molecule has 1 N–H and O–H groups in total. The van der Waals surface area contributed by atoms with Gasteiger partial charge in [-0.05, 0) is 29.2 Å². The summed E-state index contributed by atoms with van der Waals surface area (Å²) in [7, 11) is 0. The summed E-state index contributed by atoms with van der Waals surface area (Å²) in [5.74, 6) is 1.47. The summed E-state index contributed by atoms with van der Waals surface area (Å²) in [6, 6.07) is 8.47. The fourth-order valence-corrected chi connectivity index (χ4v) is 3.62. The van der Waals surface area contributed by atoms with Gasteiger partial charge < -0.3 is 5.32 Å². The molecule has 0 aliphatic heterocycles. The zero-order valence-electron chi connectivity index (χ0n) is 13.1. The van der Waals surface area contributed by atoms with Crippen LogP contribution in [0.5, 0.6) is 0 Å². The van der Waals surface area contributed by atoms with Crippen molar-refractivity contribution in [3.8, 4) is 0 Å². The Morgan fingerprint density at radius 3 is 2.64 bits per heavy atom. The summed E-state index contributed by atoms with van der Waals surface area (Å²) in [5, 5.41) is 11.4. The fraction of sp³-hybridized carbons (Fsp3) is 0.438. The second kappa shape index (κ2) is 8.29. The van der Waals surface area contributed by atoms with E-state index in [1.165, 1.54) is 22.5 Å². The SMILES string of the molecule is CCSc1nnc(NC(=O)CCc2ccc(C(C)C)cc2)s1. The molecule has 1 heterocycles. The number of aromatic nitrogens is 2. The highest BCUT2D eigenvalue weighted by Crippen LogP contribution is 2.25. The van der Waals surface area contributed by atoms with Gasteiger partial charge in [-0.1, -0.05) is 68.1 Å². The first-order valence-corrected chi connectivity index (χ1v) is 9.23. The largest absolute Gasteiger partial charge is 0.300 e. The highest BCUT2D eigenvalue weighted by atomic mass is 32.2. The molecule has 0 bridgehead atoms. The van der Waals surface area contributed by atoms with Gasteiger partial charge in [-0.2, -0.15) is 0 Å². The van der Waals surface area contributed by atoms with Gasteiger partial charge in [0.25, 0.3) is 0 Å². The Morgan fingerprint density at radius 2 is 2.00 bits per heavy atom. The van der Waals surface area contributed by atoms with E-state index in [0.29, 0.717) is 17.5 Å². The predicted octanol–water partition coefficient (Wildman–Crippen LogP) is 4.34. The van der Waals surface area contributed by atoms with E-state index >= 15 is 0 Å². The summed E-state index contributed by atoms with van der Waals surface area (Å²) in [6.07, 6.45) is 1.19. The molecule has 0 saturated carbocycles. The Balaban J connectivity index is 1.81. The maximum atomic E-state index is 11.9. The van der Waals surface area contributed by atoms with Crippen molar-refractivity contribution in [2.75, 3.05) is 11.1 Å². The van der Waals surface area contributed by atoms with E-state index in [2.05, 4.69) is 60.6 Å². The van der Waals surface area contributed by atoms with Gasteiger partial charge in [0.05, 0.1) is 0 Å². The summed E-state index contributed by atoms with van der Waals surface area (Å²) in [5.41, 5.74) is 2.50. The monoisotopic (exact) mass is 335 g/mol. The van der Waals surface area contributed by atoms with Crippen LogP contribution in [0, 0.1) is 0 Å². The molecule has 0 saturated heterocycles. The molecule has 0 fully saturated rings. The molecular formula is C16H21N3OS2. The van der Waals surface area contributed by atoms with Crippen LogP contribution in [0.15, 0.2) is 28.6 Å². The summed E-state index contributed by atoms with van der Waals surface area (Å²) < 4.78 is 0.891. The lowest BCUT2D eigenvalue weighted by Gasteiger charge is -2.06. The number of benzene rings is 1. The van der Waals surface area contributed by atoms with Crippen molar-refractivity contribution in [2.24, 2.45) is 0 Å². The van der Waals surface area contributed by atoms with Crippen LogP contribution in [0.25, 0.3) is 0 Å². The second-order valence-electron chi connectivity index (χ2n) is 5.25. The quantitative estimate of drug-likeness (QED) is 0.604. The minimum Gasteiger partial charge on any atom is -0.300 e. The van der Waals surface area contributed by atoms with Crippen LogP contribution >= 0.6 is 23.1 Å². The van der Waals surface area contributed by atoms with Gasteiger partial charge in [0.15, 0.2) is 4.34 Å². The molecule has 2 aromatic rings. The molecule has 0 aliphatic carbocycles. The average Bonchev–Trinajstić information content (AvgIpc) is 2.93.